The van der Waals surface area contributed by atoms with E-state index in [0.29, 0.717) is 19.7 Å². The molecule has 0 radical (unpaired) electrons. The molecule has 1 aliphatic rings. The van der Waals surface area contributed by atoms with E-state index in [0.717, 1.165) is 33.2 Å². The van der Waals surface area contributed by atoms with Crippen LogP contribution in [0, 0.1) is 0 Å². The maximum absolute atomic E-state index is 10.5. The molecule has 2 heterocycles. The van der Waals surface area contributed by atoms with Crippen LogP contribution in [0.15, 0.2) is 72.9 Å². The summed E-state index contributed by atoms with van der Waals surface area (Å²) in [5.41, 5.74) is 4.29. The van der Waals surface area contributed by atoms with Crippen LogP contribution in [-0.4, -0.2) is 42.7 Å². The van der Waals surface area contributed by atoms with Gasteiger partial charge in [-0.15, -0.1) is 0 Å². The Kier molecular flexibility index (Phi) is 7.02. The van der Waals surface area contributed by atoms with E-state index in [4.69, 9.17) is 25.8 Å². The van der Waals surface area contributed by atoms with E-state index in [1.165, 1.54) is 10.9 Å². The molecule has 0 saturated carbocycles. The van der Waals surface area contributed by atoms with Gasteiger partial charge in [0, 0.05) is 41.1 Å². The van der Waals surface area contributed by atoms with Crippen molar-refractivity contribution in [3.05, 3.63) is 94.6 Å². The maximum Gasteiger partial charge on any atom is 0.231 e. The lowest BCUT2D eigenvalue weighted by atomic mass is 9.90. The zero-order chi connectivity index (χ0) is 23.3. The summed E-state index contributed by atoms with van der Waals surface area (Å²) in [4.78, 5) is 3.36. The SMILES string of the molecule is OC(CNCC(c1ccccc1Cl)c1c[nH]c2ccccc12)COCc1ccc2c(c1)OCO2. The molecule has 0 aliphatic carbocycles. The molecule has 0 saturated heterocycles. The first-order valence-corrected chi connectivity index (χ1v) is 11.7. The van der Waals surface area contributed by atoms with E-state index in [-0.39, 0.29) is 19.3 Å². The average molecular weight is 479 g/mol. The highest BCUT2D eigenvalue weighted by Crippen LogP contribution is 2.34. The Balaban J connectivity index is 1.19. The van der Waals surface area contributed by atoms with E-state index in [1.54, 1.807) is 0 Å². The number of hydrogen-bond acceptors (Lipinski definition) is 5. The van der Waals surface area contributed by atoms with Crippen molar-refractivity contribution in [1.29, 1.82) is 0 Å². The standard InChI is InChI=1S/C27H27ClN2O4/c28-24-7-3-1-5-20(24)22(23-14-30-25-8-4-2-6-21(23)25)13-29-12-19(31)16-32-15-18-9-10-26-27(11-18)34-17-33-26/h1-11,14,19,22,29-31H,12-13,15-17H2. The quantitative estimate of drug-likeness (QED) is 0.304. The number of halogens is 1. The first kappa shape index (κ1) is 22.7. The molecule has 5 rings (SSSR count). The Morgan fingerprint density at radius 3 is 2.71 bits per heavy atom. The molecule has 0 amide bonds. The minimum atomic E-state index is -0.635. The molecule has 0 fully saturated rings. The highest BCUT2D eigenvalue weighted by molar-refractivity contribution is 6.31. The fourth-order valence-electron chi connectivity index (χ4n) is 4.32. The van der Waals surface area contributed by atoms with Crippen molar-refractivity contribution in [2.45, 2.75) is 18.6 Å². The Morgan fingerprint density at radius 1 is 0.971 bits per heavy atom. The van der Waals surface area contributed by atoms with Crippen molar-refractivity contribution in [2.75, 3.05) is 26.5 Å². The molecule has 34 heavy (non-hydrogen) atoms. The van der Waals surface area contributed by atoms with E-state index >= 15 is 0 Å². The number of aromatic amines is 1. The van der Waals surface area contributed by atoms with Gasteiger partial charge in [0.05, 0.1) is 19.3 Å². The Bertz CT molecular complexity index is 1260. The fourth-order valence-corrected chi connectivity index (χ4v) is 4.59. The second-order valence-corrected chi connectivity index (χ2v) is 8.79. The van der Waals surface area contributed by atoms with Crippen molar-refractivity contribution in [3.63, 3.8) is 0 Å². The van der Waals surface area contributed by atoms with E-state index in [9.17, 15) is 5.11 Å². The number of aromatic nitrogens is 1. The van der Waals surface area contributed by atoms with E-state index in [1.807, 2.05) is 54.7 Å². The predicted molar refractivity (Wildman–Crippen MR) is 133 cm³/mol. The lowest BCUT2D eigenvalue weighted by Gasteiger charge is -2.21. The van der Waals surface area contributed by atoms with Crippen LogP contribution >= 0.6 is 11.6 Å². The number of para-hydroxylation sites is 1. The lowest BCUT2D eigenvalue weighted by molar-refractivity contribution is 0.0288. The van der Waals surface area contributed by atoms with E-state index in [2.05, 4.69) is 28.5 Å². The average Bonchev–Trinajstić information content (AvgIpc) is 3.49. The number of ether oxygens (including phenoxy) is 3. The normalized spacial score (nSPS) is 14.4. The first-order chi connectivity index (χ1) is 16.7. The lowest BCUT2D eigenvalue weighted by Crippen LogP contribution is -2.33. The maximum atomic E-state index is 10.5. The summed E-state index contributed by atoms with van der Waals surface area (Å²) in [7, 11) is 0. The van der Waals surface area contributed by atoms with Gasteiger partial charge in [0.25, 0.3) is 0 Å². The summed E-state index contributed by atoms with van der Waals surface area (Å²) in [5.74, 6) is 1.51. The van der Waals surface area contributed by atoms with Crippen molar-refractivity contribution < 1.29 is 19.3 Å². The fraction of sp³-hybridized carbons (Fsp3) is 0.259. The summed E-state index contributed by atoms with van der Waals surface area (Å²) < 4.78 is 16.4. The molecule has 176 valence electrons. The zero-order valence-corrected chi connectivity index (χ0v) is 19.4. The minimum absolute atomic E-state index is 0.0339. The third-order valence-corrected chi connectivity index (χ3v) is 6.37. The summed E-state index contributed by atoms with van der Waals surface area (Å²) in [6, 6.07) is 21.9. The number of aliphatic hydroxyl groups is 1. The Morgan fingerprint density at radius 2 is 1.79 bits per heavy atom. The molecule has 6 nitrogen and oxygen atoms in total. The van der Waals surface area contributed by atoms with Crippen molar-refractivity contribution in [1.82, 2.24) is 10.3 Å². The molecule has 4 aromatic rings. The highest BCUT2D eigenvalue weighted by atomic mass is 35.5. The van der Waals surface area contributed by atoms with Gasteiger partial charge in [0.2, 0.25) is 6.79 Å². The van der Waals surface area contributed by atoms with Crippen molar-refractivity contribution in [2.24, 2.45) is 0 Å². The highest BCUT2D eigenvalue weighted by Gasteiger charge is 2.20. The topological polar surface area (TPSA) is 75.7 Å². The molecular weight excluding hydrogens is 452 g/mol. The van der Waals surface area contributed by atoms with Gasteiger partial charge in [0.1, 0.15) is 0 Å². The number of fused-ring (bicyclic) bond motifs is 2. The molecule has 7 heteroatoms. The van der Waals surface area contributed by atoms with Crippen LogP contribution in [0.5, 0.6) is 11.5 Å². The van der Waals surface area contributed by atoms with Crippen LogP contribution in [0.1, 0.15) is 22.6 Å². The Labute approximate surface area is 203 Å². The molecule has 2 unspecified atom stereocenters. The summed E-state index contributed by atoms with van der Waals surface area (Å²) >= 11 is 6.57. The van der Waals surface area contributed by atoms with Crippen LogP contribution in [0.4, 0.5) is 0 Å². The van der Waals surface area contributed by atoms with Gasteiger partial charge < -0.3 is 29.6 Å². The molecule has 2 atom stereocenters. The summed E-state index contributed by atoms with van der Waals surface area (Å²) in [6.07, 6.45) is 1.41. The smallest absolute Gasteiger partial charge is 0.231 e. The van der Waals surface area contributed by atoms with Crippen LogP contribution in [0.2, 0.25) is 5.02 Å². The molecule has 3 aromatic carbocycles. The van der Waals surface area contributed by atoms with Gasteiger partial charge in [-0.25, -0.2) is 0 Å². The second-order valence-electron chi connectivity index (χ2n) is 8.38. The third-order valence-electron chi connectivity index (χ3n) is 6.02. The van der Waals surface area contributed by atoms with Gasteiger partial charge in [0.15, 0.2) is 11.5 Å². The number of hydrogen-bond donors (Lipinski definition) is 3. The van der Waals surface area contributed by atoms with Gasteiger partial charge in [-0.1, -0.05) is 54.1 Å². The number of benzene rings is 3. The zero-order valence-electron chi connectivity index (χ0n) is 18.7. The molecule has 0 spiro atoms. The number of H-pyrrole nitrogens is 1. The molecule has 1 aromatic heterocycles. The predicted octanol–water partition coefficient (Wildman–Crippen LogP) is 4.85. The molecule has 1 aliphatic heterocycles. The number of rotatable bonds is 10. The second kappa shape index (κ2) is 10.5. The molecule has 0 bridgehead atoms. The monoisotopic (exact) mass is 478 g/mol. The summed E-state index contributed by atoms with van der Waals surface area (Å²) in [6.45, 7) is 1.91. The molecular formula is C27H27ClN2O4. The number of aliphatic hydroxyl groups excluding tert-OH is 1. The van der Waals surface area contributed by atoms with Gasteiger partial charge in [-0.05, 0) is 41.0 Å². The first-order valence-electron chi connectivity index (χ1n) is 11.3. The minimum Gasteiger partial charge on any atom is -0.454 e. The van der Waals surface area contributed by atoms with Gasteiger partial charge in [-0.2, -0.15) is 0 Å². The van der Waals surface area contributed by atoms with Crippen LogP contribution < -0.4 is 14.8 Å². The van der Waals surface area contributed by atoms with Crippen molar-refractivity contribution in [3.8, 4) is 11.5 Å². The van der Waals surface area contributed by atoms with E-state index < -0.39 is 6.10 Å². The van der Waals surface area contributed by atoms with Gasteiger partial charge in [-0.3, -0.25) is 0 Å². The number of nitrogens with one attached hydrogen (secondary N) is 2. The van der Waals surface area contributed by atoms with Gasteiger partial charge >= 0.3 is 0 Å². The van der Waals surface area contributed by atoms with Crippen molar-refractivity contribution >= 4 is 22.5 Å². The van der Waals surface area contributed by atoms with Crippen LogP contribution in [0.3, 0.4) is 0 Å². The Hall–Kier alpha value is -3.03. The van der Waals surface area contributed by atoms with Crippen LogP contribution in [0.25, 0.3) is 10.9 Å². The third kappa shape index (κ3) is 5.05. The van der Waals surface area contributed by atoms with Crippen LogP contribution in [-0.2, 0) is 11.3 Å². The summed E-state index contributed by atoms with van der Waals surface area (Å²) in [5, 5.41) is 15.8. The largest absolute Gasteiger partial charge is 0.454 e. The molecule has 3 N–H and O–H groups in total.